The van der Waals surface area contributed by atoms with Crippen LogP contribution in [0.15, 0.2) is 42.5 Å². The highest BCUT2D eigenvalue weighted by Gasteiger charge is 2.20. The smallest absolute Gasteiger partial charge is 0.223 e. The number of hydrogen-bond donors (Lipinski definition) is 1. The summed E-state index contributed by atoms with van der Waals surface area (Å²) in [6.45, 7) is 4.06. The van der Waals surface area contributed by atoms with Crippen molar-refractivity contribution in [2.45, 2.75) is 32.7 Å². The van der Waals surface area contributed by atoms with Crippen LogP contribution in [0.1, 0.15) is 29.5 Å². The molecule has 4 nitrogen and oxygen atoms in total. The molecule has 1 aliphatic heterocycles. The van der Waals surface area contributed by atoms with Crippen molar-refractivity contribution in [2.24, 2.45) is 0 Å². The summed E-state index contributed by atoms with van der Waals surface area (Å²) in [5.41, 5.74) is 10.3. The van der Waals surface area contributed by atoms with Gasteiger partial charge in [-0.05, 0) is 55.2 Å². The van der Waals surface area contributed by atoms with Gasteiger partial charge in [0.1, 0.15) is 5.75 Å². The second-order valence-electron chi connectivity index (χ2n) is 6.36. The topological polar surface area (TPSA) is 55.6 Å². The molecule has 1 heterocycles. The minimum Gasteiger partial charge on any atom is -0.494 e. The van der Waals surface area contributed by atoms with Crippen molar-refractivity contribution < 1.29 is 9.53 Å². The fraction of sp³-hybridized carbons (Fsp3) is 0.350. The first-order valence-corrected chi connectivity index (χ1v) is 8.46. The Morgan fingerprint density at radius 3 is 2.75 bits per heavy atom. The summed E-state index contributed by atoms with van der Waals surface area (Å²) in [6.07, 6.45) is 2.15. The van der Waals surface area contributed by atoms with Gasteiger partial charge in [0.05, 0.1) is 6.61 Å². The molecule has 0 aromatic heterocycles. The third-order valence-electron chi connectivity index (χ3n) is 4.42. The molecule has 2 N–H and O–H groups in total. The average molecular weight is 324 g/mol. The molecule has 3 rings (SSSR count). The van der Waals surface area contributed by atoms with Crippen molar-refractivity contribution in [1.29, 1.82) is 0 Å². The molecule has 0 unspecified atom stereocenters. The third-order valence-corrected chi connectivity index (χ3v) is 4.42. The summed E-state index contributed by atoms with van der Waals surface area (Å²) >= 11 is 0. The van der Waals surface area contributed by atoms with E-state index in [1.165, 1.54) is 16.7 Å². The summed E-state index contributed by atoms with van der Waals surface area (Å²) in [5.74, 6) is 1.05. The van der Waals surface area contributed by atoms with Gasteiger partial charge in [-0.3, -0.25) is 4.79 Å². The van der Waals surface area contributed by atoms with E-state index in [0.29, 0.717) is 19.6 Å². The number of benzene rings is 2. The van der Waals surface area contributed by atoms with Crippen LogP contribution >= 0.6 is 0 Å². The normalized spacial score (nSPS) is 13.5. The van der Waals surface area contributed by atoms with Crippen LogP contribution in [0.4, 0.5) is 5.69 Å². The predicted octanol–water partition coefficient (Wildman–Crippen LogP) is 3.32. The molecule has 1 amide bonds. The largest absolute Gasteiger partial charge is 0.494 e. The number of carbonyl (C=O) groups is 1. The van der Waals surface area contributed by atoms with Crippen LogP contribution in [-0.2, 0) is 17.8 Å². The summed E-state index contributed by atoms with van der Waals surface area (Å²) in [7, 11) is 0. The monoisotopic (exact) mass is 324 g/mol. The van der Waals surface area contributed by atoms with Crippen LogP contribution < -0.4 is 10.5 Å². The lowest BCUT2D eigenvalue weighted by Gasteiger charge is -2.29. The zero-order chi connectivity index (χ0) is 16.9. The number of nitrogens with two attached hydrogens (primary N) is 1. The molecule has 0 fully saturated rings. The van der Waals surface area contributed by atoms with E-state index in [1.807, 2.05) is 48.2 Å². The van der Waals surface area contributed by atoms with Crippen LogP contribution in [0.3, 0.4) is 0 Å². The molecule has 0 radical (unpaired) electrons. The highest BCUT2D eigenvalue weighted by molar-refractivity contribution is 5.76. The second-order valence-corrected chi connectivity index (χ2v) is 6.36. The molecule has 24 heavy (non-hydrogen) atoms. The SMILES string of the molecule is Cc1ccc(OCCCC(=O)N2CCc3ccc(N)cc3C2)cc1. The Balaban J connectivity index is 1.45. The number of anilines is 1. The van der Waals surface area contributed by atoms with Gasteiger partial charge in [-0.15, -0.1) is 0 Å². The van der Waals surface area contributed by atoms with Gasteiger partial charge in [-0.25, -0.2) is 0 Å². The maximum absolute atomic E-state index is 12.4. The van der Waals surface area contributed by atoms with Gasteiger partial charge in [0, 0.05) is 25.2 Å². The fourth-order valence-electron chi connectivity index (χ4n) is 3.00. The van der Waals surface area contributed by atoms with Crippen molar-refractivity contribution >= 4 is 11.6 Å². The molecular formula is C20H24N2O2. The second kappa shape index (κ2) is 7.39. The highest BCUT2D eigenvalue weighted by atomic mass is 16.5. The lowest BCUT2D eigenvalue weighted by atomic mass is 9.99. The van der Waals surface area contributed by atoms with E-state index in [-0.39, 0.29) is 5.91 Å². The zero-order valence-corrected chi connectivity index (χ0v) is 14.1. The minimum atomic E-state index is 0.190. The first-order valence-electron chi connectivity index (χ1n) is 8.46. The van der Waals surface area contributed by atoms with Gasteiger partial charge < -0.3 is 15.4 Å². The third kappa shape index (κ3) is 4.07. The summed E-state index contributed by atoms with van der Waals surface area (Å²) in [6, 6.07) is 14.0. The van der Waals surface area contributed by atoms with Crippen molar-refractivity contribution in [2.75, 3.05) is 18.9 Å². The van der Waals surface area contributed by atoms with Gasteiger partial charge in [0.2, 0.25) is 5.91 Å². The van der Waals surface area contributed by atoms with Gasteiger partial charge >= 0.3 is 0 Å². The van der Waals surface area contributed by atoms with Crippen molar-refractivity contribution in [3.05, 3.63) is 59.2 Å². The number of rotatable bonds is 5. The van der Waals surface area contributed by atoms with E-state index in [4.69, 9.17) is 10.5 Å². The van der Waals surface area contributed by atoms with Crippen LogP contribution in [0, 0.1) is 6.92 Å². The molecule has 0 bridgehead atoms. The molecule has 126 valence electrons. The van der Waals surface area contributed by atoms with Crippen LogP contribution in [0.2, 0.25) is 0 Å². The Labute approximate surface area is 143 Å². The van der Waals surface area contributed by atoms with E-state index in [0.717, 1.165) is 30.8 Å². The van der Waals surface area contributed by atoms with E-state index in [1.54, 1.807) is 0 Å². The van der Waals surface area contributed by atoms with Crippen LogP contribution in [0.25, 0.3) is 0 Å². The van der Waals surface area contributed by atoms with Crippen LogP contribution in [-0.4, -0.2) is 24.0 Å². The summed E-state index contributed by atoms with van der Waals surface area (Å²) in [5, 5.41) is 0. The number of hydrogen-bond acceptors (Lipinski definition) is 3. The molecule has 1 aliphatic rings. The van der Waals surface area contributed by atoms with E-state index < -0.39 is 0 Å². The molecule has 4 heteroatoms. The fourth-order valence-corrected chi connectivity index (χ4v) is 3.00. The Bertz CT molecular complexity index is 710. The van der Waals surface area contributed by atoms with Gasteiger partial charge in [-0.2, -0.15) is 0 Å². The van der Waals surface area contributed by atoms with Crippen molar-refractivity contribution in [3.8, 4) is 5.75 Å². The number of amides is 1. The lowest BCUT2D eigenvalue weighted by molar-refractivity contribution is -0.132. The molecule has 0 saturated heterocycles. The van der Waals surface area contributed by atoms with Gasteiger partial charge in [0.15, 0.2) is 0 Å². The molecule has 0 saturated carbocycles. The molecular weight excluding hydrogens is 300 g/mol. The minimum absolute atomic E-state index is 0.190. The first kappa shape index (κ1) is 16.4. The maximum atomic E-state index is 12.4. The highest BCUT2D eigenvalue weighted by Crippen LogP contribution is 2.22. The lowest BCUT2D eigenvalue weighted by Crippen LogP contribution is -2.36. The number of fused-ring (bicyclic) bond motifs is 1. The summed E-state index contributed by atoms with van der Waals surface area (Å²) in [4.78, 5) is 14.3. The molecule has 2 aromatic rings. The van der Waals surface area contributed by atoms with E-state index >= 15 is 0 Å². The molecule has 2 aromatic carbocycles. The van der Waals surface area contributed by atoms with Crippen molar-refractivity contribution in [1.82, 2.24) is 4.90 Å². The van der Waals surface area contributed by atoms with Gasteiger partial charge in [0.25, 0.3) is 0 Å². The number of ether oxygens (including phenoxy) is 1. The Kier molecular flexibility index (Phi) is 5.04. The molecule has 0 atom stereocenters. The zero-order valence-electron chi connectivity index (χ0n) is 14.1. The molecule has 0 spiro atoms. The number of nitrogens with zero attached hydrogens (tertiary/aromatic N) is 1. The number of nitrogen functional groups attached to an aromatic ring is 1. The maximum Gasteiger partial charge on any atom is 0.223 e. The standard InChI is InChI=1S/C20H24N2O2/c1-15-4-8-19(9-5-15)24-12-2-3-20(23)22-11-10-16-6-7-18(21)13-17(16)14-22/h4-9,13H,2-3,10-12,14,21H2,1H3. The van der Waals surface area contributed by atoms with E-state index in [9.17, 15) is 4.79 Å². The Morgan fingerprint density at radius 2 is 1.96 bits per heavy atom. The Morgan fingerprint density at radius 1 is 1.17 bits per heavy atom. The quantitative estimate of drug-likeness (QED) is 0.678. The Hall–Kier alpha value is -2.49. The summed E-state index contributed by atoms with van der Waals surface area (Å²) < 4.78 is 5.68. The van der Waals surface area contributed by atoms with Gasteiger partial charge in [-0.1, -0.05) is 23.8 Å². The average Bonchev–Trinajstić information content (AvgIpc) is 2.59. The van der Waals surface area contributed by atoms with Crippen LogP contribution in [0.5, 0.6) is 5.75 Å². The van der Waals surface area contributed by atoms with E-state index in [2.05, 4.69) is 6.07 Å². The number of aryl methyl sites for hydroxylation is 1. The molecule has 0 aliphatic carbocycles. The van der Waals surface area contributed by atoms with Crippen molar-refractivity contribution in [3.63, 3.8) is 0 Å². The first-order chi connectivity index (χ1) is 11.6. The number of carbonyl (C=O) groups excluding carboxylic acids is 1. The predicted molar refractivity (Wildman–Crippen MR) is 95.9 cm³/mol.